The number of nitro groups is 1. The van der Waals surface area contributed by atoms with Gasteiger partial charge in [0.1, 0.15) is 5.69 Å². The third-order valence-electron chi connectivity index (χ3n) is 3.60. The van der Waals surface area contributed by atoms with E-state index in [1.54, 1.807) is 37.3 Å². The van der Waals surface area contributed by atoms with Crippen LogP contribution in [0.25, 0.3) is 6.08 Å². The molecule has 2 aromatic rings. The minimum Gasteiger partial charge on any atom is -0.463 e. The van der Waals surface area contributed by atoms with Gasteiger partial charge in [0.05, 0.1) is 23.6 Å². The maximum Gasteiger partial charge on any atom is 0.330 e. The molecule has 8 nitrogen and oxygen atoms in total. The molecular formula is C19H19N3O5. The van der Waals surface area contributed by atoms with Crippen LogP contribution in [-0.4, -0.2) is 23.4 Å². The Balaban J connectivity index is 1.99. The molecule has 0 saturated heterocycles. The number of anilines is 2. The first kappa shape index (κ1) is 19.6. The van der Waals surface area contributed by atoms with E-state index in [1.165, 1.54) is 24.3 Å². The van der Waals surface area contributed by atoms with Gasteiger partial charge in [0.15, 0.2) is 0 Å². The normalized spacial score (nSPS) is 10.6. The molecule has 0 bridgehead atoms. The number of carbonyl (C=O) groups is 2. The molecule has 0 heterocycles. The van der Waals surface area contributed by atoms with E-state index in [4.69, 9.17) is 10.5 Å². The third-order valence-corrected chi connectivity index (χ3v) is 3.60. The summed E-state index contributed by atoms with van der Waals surface area (Å²) in [6, 6.07) is 11.3. The Morgan fingerprint density at radius 1 is 1.22 bits per heavy atom. The highest BCUT2D eigenvalue weighted by Gasteiger charge is 2.15. The van der Waals surface area contributed by atoms with Crippen LogP contribution >= 0.6 is 0 Å². The van der Waals surface area contributed by atoms with E-state index in [0.29, 0.717) is 6.61 Å². The Hall–Kier alpha value is -3.68. The molecular weight excluding hydrogens is 350 g/mol. The van der Waals surface area contributed by atoms with Crippen molar-refractivity contribution >= 4 is 35.0 Å². The van der Waals surface area contributed by atoms with Crippen LogP contribution in [0.15, 0.2) is 48.5 Å². The van der Waals surface area contributed by atoms with Crippen LogP contribution in [0.3, 0.4) is 0 Å². The summed E-state index contributed by atoms with van der Waals surface area (Å²) < 4.78 is 4.80. The predicted molar refractivity (Wildman–Crippen MR) is 102 cm³/mol. The summed E-state index contributed by atoms with van der Waals surface area (Å²) in [5.74, 6) is -0.771. The molecule has 0 fully saturated rings. The summed E-state index contributed by atoms with van der Waals surface area (Å²) in [4.78, 5) is 33.7. The maximum absolute atomic E-state index is 12.2. The van der Waals surface area contributed by atoms with Crippen LogP contribution in [0, 0.1) is 10.1 Å². The van der Waals surface area contributed by atoms with Crippen molar-refractivity contribution < 1.29 is 19.2 Å². The molecule has 140 valence electrons. The number of ether oxygens (including phenoxy) is 1. The van der Waals surface area contributed by atoms with Gasteiger partial charge in [-0.05, 0) is 30.2 Å². The van der Waals surface area contributed by atoms with Crippen LogP contribution in [0.4, 0.5) is 17.1 Å². The number of nitro benzene ring substituents is 1. The summed E-state index contributed by atoms with van der Waals surface area (Å²) >= 11 is 0. The van der Waals surface area contributed by atoms with Gasteiger partial charge in [-0.25, -0.2) is 4.79 Å². The van der Waals surface area contributed by atoms with E-state index in [1.807, 2.05) is 0 Å². The minimum atomic E-state index is -0.604. The molecule has 8 heteroatoms. The standard InChI is InChI=1S/C19H19N3O5/c1-2-27-18(24)11-10-13-6-8-14(9-7-13)12-17(23)21-15-4-3-5-16(19(15)20)22(25)26/h3-11H,2,12,20H2,1H3,(H,21,23). The zero-order chi connectivity index (χ0) is 19.8. The van der Waals surface area contributed by atoms with Crippen molar-refractivity contribution in [2.75, 3.05) is 17.7 Å². The molecule has 0 spiro atoms. The fourth-order valence-corrected chi connectivity index (χ4v) is 2.30. The lowest BCUT2D eigenvalue weighted by molar-refractivity contribution is -0.383. The molecule has 2 aromatic carbocycles. The highest BCUT2D eigenvalue weighted by atomic mass is 16.6. The third kappa shape index (κ3) is 5.67. The lowest BCUT2D eigenvalue weighted by Crippen LogP contribution is -2.15. The van der Waals surface area contributed by atoms with Crippen molar-refractivity contribution in [2.24, 2.45) is 0 Å². The fourth-order valence-electron chi connectivity index (χ4n) is 2.30. The number of hydrogen-bond acceptors (Lipinski definition) is 6. The molecule has 0 unspecified atom stereocenters. The summed E-state index contributed by atoms with van der Waals surface area (Å²) in [6.45, 7) is 2.04. The molecule has 0 aliphatic rings. The van der Waals surface area contributed by atoms with Crippen molar-refractivity contribution in [1.82, 2.24) is 0 Å². The molecule has 0 radical (unpaired) electrons. The molecule has 0 aliphatic carbocycles. The highest BCUT2D eigenvalue weighted by molar-refractivity contribution is 5.96. The second kappa shape index (κ2) is 9.14. The molecule has 0 atom stereocenters. The second-order valence-electron chi connectivity index (χ2n) is 5.55. The molecule has 27 heavy (non-hydrogen) atoms. The number of amides is 1. The van der Waals surface area contributed by atoms with Gasteiger partial charge in [-0.2, -0.15) is 0 Å². The smallest absolute Gasteiger partial charge is 0.330 e. The number of nitrogen functional groups attached to an aromatic ring is 1. The Morgan fingerprint density at radius 3 is 2.56 bits per heavy atom. The average molecular weight is 369 g/mol. The molecule has 0 saturated carbocycles. The van der Waals surface area contributed by atoms with Gasteiger partial charge in [-0.1, -0.05) is 30.3 Å². The minimum absolute atomic E-state index is 0.0734. The van der Waals surface area contributed by atoms with Gasteiger partial charge in [-0.15, -0.1) is 0 Å². The fraction of sp³-hybridized carbons (Fsp3) is 0.158. The van der Waals surface area contributed by atoms with Gasteiger partial charge < -0.3 is 15.8 Å². The molecule has 0 aliphatic heterocycles. The number of hydrogen-bond donors (Lipinski definition) is 2. The second-order valence-corrected chi connectivity index (χ2v) is 5.55. The monoisotopic (exact) mass is 369 g/mol. The largest absolute Gasteiger partial charge is 0.463 e. The number of nitrogens with one attached hydrogen (secondary N) is 1. The average Bonchev–Trinajstić information content (AvgIpc) is 2.63. The lowest BCUT2D eigenvalue weighted by Gasteiger charge is -2.08. The van der Waals surface area contributed by atoms with Gasteiger partial charge in [0.2, 0.25) is 5.91 Å². The zero-order valence-electron chi connectivity index (χ0n) is 14.7. The number of rotatable bonds is 7. The number of nitrogens with two attached hydrogens (primary N) is 1. The van der Waals surface area contributed by atoms with Gasteiger partial charge in [0.25, 0.3) is 5.69 Å². The topological polar surface area (TPSA) is 125 Å². The van der Waals surface area contributed by atoms with E-state index in [9.17, 15) is 19.7 Å². The van der Waals surface area contributed by atoms with E-state index in [-0.39, 0.29) is 29.4 Å². The molecule has 3 N–H and O–H groups in total. The van der Waals surface area contributed by atoms with Crippen LogP contribution < -0.4 is 11.1 Å². The maximum atomic E-state index is 12.2. The first-order valence-corrected chi connectivity index (χ1v) is 8.17. The lowest BCUT2D eigenvalue weighted by atomic mass is 10.1. The van der Waals surface area contributed by atoms with E-state index in [2.05, 4.69) is 5.32 Å². The number of para-hydroxylation sites is 1. The van der Waals surface area contributed by atoms with Crippen LogP contribution in [0.2, 0.25) is 0 Å². The number of benzene rings is 2. The Kier molecular flexibility index (Phi) is 6.65. The van der Waals surface area contributed by atoms with Crippen LogP contribution in [0.5, 0.6) is 0 Å². The van der Waals surface area contributed by atoms with Crippen LogP contribution in [-0.2, 0) is 20.7 Å². The number of nitrogens with zero attached hydrogens (tertiary/aromatic N) is 1. The van der Waals surface area contributed by atoms with Crippen molar-refractivity contribution in [3.05, 3.63) is 69.8 Å². The SMILES string of the molecule is CCOC(=O)C=Cc1ccc(CC(=O)Nc2cccc([N+](=O)[O-])c2N)cc1. The first-order valence-electron chi connectivity index (χ1n) is 8.17. The summed E-state index contributed by atoms with van der Waals surface area (Å²) in [7, 11) is 0. The van der Waals surface area contributed by atoms with E-state index < -0.39 is 10.9 Å². The first-order chi connectivity index (χ1) is 12.9. The van der Waals surface area contributed by atoms with Crippen molar-refractivity contribution in [1.29, 1.82) is 0 Å². The van der Waals surface area contributed by atoms with Crippen LogP contribution in [0.1, 0.15) is 18.1 Å². The Bertz CT molecular complexity index is 875. The van der Waals surface area contributed by atoms with Gasteiger partial charge >= 0.3 is 5.97 Å². The van der Waals surface area contributed by atoms with Crippen molar-refractivity contribution in [3.8, 4) is 0 Å². The Labute approximate surface area is 155 Å². The summed E-state index contributed by atoms with van der Waals surface area (Å²) in [5.41, 5.74) is 7.10. The van der Waals surface area contributed by atoms with E-state index in [0.717, 1.165) is 11.1 Å². The predicted octanol–water partition coefficient (Wildman–Crippen LogP) is 2.93. The highest BCUT2D eigenvalue weighted by Crippen LogP contribution is 2.28. The summed E-state index contributed by atoms with van der Waals surface area (Å²) in [6.07, 6.45) is 3.02. The van der Waals surface area contributed by atoms with Crippen molar-refractivity contribution in [2.45, 2.75) is 13.3 Å². The van der Waals surface area contributed by atoms with Crippen molar-refractivity contribution in [3.63, 3.8) is 0 Å². The van der Waals surface area contributed by atoms with Gasteiger partial charge in [0, 0.05) is 12.1 Å². The molecule has 0 aromatic heterocycles. The summed E-state index contributed by atoms with van der Waals surface area (Å²) in [5, 5.41) is 13.5. The van der Waals surface area contributed by atoms with E-state index >= 15 is 0 Å². The number of carbonyl (C=O) groups excluding carboxylic acids is 2. The molecule has 2 rings (SSSR count). The molecule has 1 amide bonds. The van der Waals surface area contributed by atoms with Gasteiger partial charge in [-0.3, -0.25) is 14.9 Å². The number of esters is 1. The Morgan fingerprint density at radius 2 is 1.93 bits per heavy atom. The quantitative estimate of drug-likeness (QED) is 0.254. The zero-order valence-corrected chi connectivity index (χ0v) is 14.7.